The second-order valence-electron chi connectivity index (χ2n) is 1.73. The van der Waals surface area contributed by atoms with Crippen molar-refractivity contribution >= 4 is 17.6 Å². The van der Waals surface area contributed by atoms with E-state index in [0.717, 1.165) is 11.3 Å². The summed E-state index contributed by atoms with van der Waals surface area (Å²) in [6, 6.07) is 5.08. The van der Waals surface area contributed by atoms with E-state index >= 15 is 0 Å². The molecule has 0 N–H and O–H groups in total. The lowest BCUT2D eigenvalue weighted by molar-refractivity contribution is 0.112. The van der Waals surface area contributed by atoms with Gasteiger partial charge in [-0.05, 0) is 6.07 Å². The van der Waals surface area contributed by atoms with Crippen LogP contribution in [0.4, 0.5) is 0 Å². The van der Waals surface area contributed by atoms with Crippen molar-refractivity contribution in [2.45, 2.75) is 0 Å². The minimum atomic E-state index is 0.277. The van der Waals surface area contributed by atoms with Gasteiger partial charge in [-0.15, -0.1) is 11.3 Å². The number of hydrogen-bond donors (Lipinski definition) is 0. The summed E-state index contributed by atoms with van der Waals surface area (Å²) in [6.45, 7) is 0. The summed E-state index contributed by atoms with van der Waals surface area (Å²) < 4.78 is 0. The quantitative estimate of drug-likeness (QED) is 0.584. The van der Waals surface area contributed by atoms with E-state index in [9.17, 15) is 4.79 Å². The zero-order valence-electron chi connectivity index (χ0n) is 5.37. The fraction of sp³-hybridized carbons (Fsp3) is 0. The van der Waals surface area contributed by atoms with Crippen LogP contribution < -0.4 is 0 Å². The molecule has 3 nitrogen and oxygen atoms in total. The van der Waals surface area contributed by atoms with Crippen LogP contribution in [0, 0.1) is 22.7 Å². The maximum atomic E-state index is 10.2. The van der Waals surface area contributed by atoms with E-state index in [0.29, 0.717) is 16.0 Å². The fourth-order valence-corrected chi connectivity index (χ4v) is 1.36. The molecule has 0 aliphatic carbocycles. The van der Waals surface area contributed by atoms with Gasteiger partial charge in [-0.2, -0.15) is 10.5 Å². The smallest absolute Gasteiger partial charge is 0.160 e. The SMILES string of the molecule is N#Cc1cc(C=O)sc1C#N. The van der Waals surface area contributed by atoms with Crippen molar-refractivity contribution in [2.24, 2.45) is 0 Å². The number of rotatable bonds is 1. The van der Waals surface area contributed by atoms with Gasteiger partial charge in [0, 0.05) is 0 Å². The van der Waals surface area contributed by atoms with Crippen LogP contribution in [0.1, 0.15) is 20.1 Å². The Labute approximate surface area is 67.1 Å². The third-order valence-electron chi connectivity index (χ3n) is 1.09. The molecule has 0 saturated heterocycles. The van der Waals surface area contributed by atoms with Gasteiger partial charge in [0.15, 0.2) is 6.29 Å². The average molecular weight is 162 g/mol. The molecule has 0 saturated carbocycles. The first-order valence-corrected chi connectivity index (χ1v) is 3.52. The van der Waals surface area contributed by atoms with Gasteiger partial charge in [0.25, 0.3) is 0 Å². The normalized spacial score (nSPS) is 8.18. The molecule has 0 unspecified atom stereocenters. The number of aldehydes is 1. The van der Waals surface area contributed by atoms with Gasteiger partial charge in [0.1, 0.15) is 17.0 Å². The van der Waals surface area contributed by atoms with Crippen molar-refractivity contribution in [2.75, 3.05) is 0 Å². The Morgan fingerprint density at radius 1 is 1.45 bits per heavy atom. The zero-order valence-corrected chi connectivity index (χ0v) is 6.18. The standard InChI is InChI=1S/C7H2N2OS/c8-2-5-1-6(4-10)11-7(5)3-9/h1,4H. The summed E-state index contributed by atoms with van der Waals surface area (Å²) in [5.41, 5.74) is 0.277. The van der Waals surface area contributed by atoms with E-state index in [-0.39, 0.29) is 5.56 Å². The predicted molar refractivity (Wildman–Crippen MR) is 39.1 cm³/mol. The molecule has 0 aliphatic rings. The molecule has 0 radical (unpaired) electrons. The average Bonchev–Trinajstić information content (AvgIpc) is 2.46. The first-order valence-electron chi connectivity index (χ1n) is 2.71. The van der Waals surface area contributed by atoms with Crippen LogP contribution in [-0.4, -0.2) is 6.29 Å². The molecule has 0 amide bonds. The Bertz CT molecular complexity index is 335. The van der Waals surface area contributed by atoms with Crippen LogP contribution >= 0.6 is 11.3 Å². The third kappa shape index (κ3) is 1.26. The molecule has 52 valence electrons. The molecule has 0 aliphatic heterocycles. The van der Waals surface area contributed by atoms with Crippen LogP contribution in [0.15, 0.2) is 6.07 Å². The van der Waals surface area contributed by atoms with Gasteiger partial charge >= 0.3 is 0 Å². The van der Waals surface area contributed by atoms with E-state index in [4.69, 9.17) is 10.5 Å². The summed E-state index contributed by atoms with van der Waals surface area (Å²) in [5.74, 6) is 0. The number of nitrogens with zero attached hydrogens (tertiary/aromatic N) is 2. The van der Waals surface area contributed by atoms with Gasteiger partial charge in [0.05, 0.1) is 10.4 Å². The minimum absolute atomic E-state index is 0.277. The van der Waals surface area contributed by atoms with Gasteiger partial charge in [-0.1, -0.05) is 0 Å². The lowest BCUT2D eigenvalue weighted by atomic mass is 10.3. The molecule has 0 fully saturated rings. The number of hydrogen-bond acceptors (Lipinski definition) is 4. The summed E-state index contributed by atoms with van der Waals surface area (Å²) in [4.78, 5) is 10.9. The summed E-state index contributed by atoms with van der Waals surface area (Å²) >= 11 is 1.03. The van der Waals surface area contributed by atoms with Gasteiger partial charge in [-0.3, -0.25) is 4.79 Å². The maximum absolute atomic E-state index is 10.2. The minimum Gasteiger partial charge on any atom is -0.297 e. The van der Waals surface area contributed by atoms with Crippen molar-refractivity contribution in [1.29, 1.82) is 10.5 Å². The highest BCUT2D eigenvalue weighted by atomic mass is 32.1. The number of nitriles is 2. The second kappa shape index (κ2) is 2.96. The molecular formula is C7H2N2OS. The molecule has 1 aromatic rings. The van der Waals surface area contributed by atoms with Crippen molar-refractivity contribution < 1.29 is 4.79 Å². The third-order valence-corrected chi connectivity index (χ3v) is 2.05. The van der Waals surface area contributed by atoms with Crippen LogP contribution in [-0.2, 0) is 0 Å². The van der Waals surface area contributed by atoms with E-state index in [1.807, 2.05) is 12.1 Å². The van der Waals surface area contributed by atoms with E-state index in [2.05, 4.69) is 0 Å². The predicted octanol–water partition coefficient (Wildman–Crippen LogP) is 1.30. The first-order chi connectivity index (χ1) is 5.31. The molecule has 1 rings (SSSR count). The maximum Gasteiger partial charge on any atom is 0.160 e. The van der Waals surface area contributed by atoms with Crippen LogP contribution in [0.2, 0.25) is 0 Å². The second-order valence-corrected chi connectivity index (χ2v) is 2.82. The van der Waals surface area contributed by atoms with Crippen molar-refractivity contribution in [3.05, 3.63) is 21.4 Å². The first kappa shape index (κ1) is 7.46. The highest BCUT2D eigenvalue weighted by Crippen LogP contribution is 2.18. The monoisotopic (exact) mass is 162 g/mol. The zero-order chi connectivity index (χ0) is 8.27. The molecule has 0 atom stereocenters. The Hall–Kier alpha value is -1.65. The number of carbonyl (C=O) groups is 1. The Kier molecular flexibility index (Phi) is 2.00. The Morgan fingerprint density at radius 2 is 2.18 bits per heavy atom. The van der Waals surface area contributed by atoms with E-state index < -0.39 is 0 Å². The molecule has 1 heterocycles. The van der Waals surface area contributed by atoms with E-state index in [1.54, 1.807) is 0 Å². The number of thiophene rings is 1. The summed E-state index contributed by atoms with van der Waals surface area (Å²) in [6.07, 6.45) is 0.631. The fourth-order valence-electron chi connectivity index (χ4n) is 0.634. The molecule has 0 spiro atoms. The molecular weight excluding hydrogens is 160 g/mol. The molecule has 0 aromatic carbocycles. The lowest BCUT2D eigenvalue weighted by Gasteiger charge is -1.73. The van der Waals surface area contributed by atoms with Crippen LogP contribution in [0.3, 0.4) is 0 Å². The Balaban J connectivity index is 3.28. The number of carbonyl (C=O) groups excluding carboxylic acids is 1. The van der Waals surface area contributed by atoms with Gasteiger partial charge in [0.2, 0.25) is 0 Å². The highest BCUT2D eigenvalue weighted by Gasteiger charge is 2.06. The Morgan fingerprint density at radius 3 is 2.55 bits per heavy atom. The van der Waals surface area contributed by atoms with Crippen molar-refractivity contribution in [1.82, 2.24) is 0 Å². The topological polar surface area (TPSA) is 64.7 Å². The van der Waals surface area contributed by atoms with Crippen LogP contribution in [0.5, 0.6) is 0 Å². The molecule has 11 heavy (non-hydrogen) atoms. The van der Waals surface area contributed by atoms with Crippen molar-refractivity contribution in [3.8, 4) is 12.1 Å². The molecule has 0 bridgehead atoms. The van der Waals surface area contributed by atoms with Crippen molar-refractivity contribution in [3.63, 3.8) is 0 Å². The summed E-state index contributed by atoms with van der Waals surface area (Å²) in [5, 5.41) is 16.9. The molecule has 4 heteroatoms. The summed E-state index contributed by atoms with van der Waals surface area (Å²) in [7, 11) is 0. The molecule has 1 aromatic heterocycles. The van der Waals surface area contributed by atoms with E-state index in [1.165, 1.54) is 6.07 Å². The van der Waals surface area contributed by atoms with Gasteiger partial charge in [-0.25, -0.2) is 0 Å². The largest absolute Gasteiger partial charge is 0.297 e. The van der Waals surface area contributed by atoms with Crippen LogP contribution in [0.25, 0.3) is 0 Å². The lowest BCUT2D eigenvalue weighted by Crippen LogP contribution is -1.69. The highest BCUT2D eigenvalue weighted by molar-refractivity contribution is 7.14. The van der Waals surface area contributed by atoms with Gasteiger partial charge < -0.3 is 0 Å².